The summed E-state index contributed by atoms with van der Waals surface area (Å²) in [5.41, 5.74) is 0.338. The minimum atomic E-state index is -0.397. The van der Waals surface area contributed by atoms with E-state index in [0.717, 1.165) is 0 Å². The summed E-state index contributed by atoms with van der Waals surface area (Å²) in [5, 5.41) is 10.1. The van der Waals surface area contributed by atoms with Crippen LogP contribution in [0, 0.1) is 0 Å². The number of benzene rings is 1. The van der Waals surface area contributed by atoms with Crippen molar-refractivity contribution < 1.29 is 9.84 Å². The third kappa shape index (κ3) is 2.91. The zero-order valence-electron chi connectivity index (χ0n) is 11.2. The van der Waals surface area contributed by atoms with Gasteiger partial charge in [0.25, 0.3) is 5.56 Å². The molecule has 0 bridgehead atoms. The minimum Gasteiger partial charge on any atom is -0.493 e. The summed E-state index contributed by atoms with van der Waals surface area (Å²) in [5.74, 6) is 0.00681. The zero-order valence-corrected chi connectivity index (χ0v) is 12.8. The number of ether oxygens (including phenoxy) is 1. The molecule has 106 valence electrons. The van der Waals surface area contributed by atoms with Gasteiger partial charge in [0.1, 0.15) is 17.5 Å². The number of hydrogen-bond donors (Lipinski definition) is 2. The number of nitrogens with zero attached hydrogens (tertiary/aromatic N) is 1. The van der Waals surface area contributed by atoms with Crippen LogP contribution in [0.2, 0.25) is 0 Å². The molecule has 0 aliphatic carbocycles. The van der Waals surface area contributed by atoms with Gasteiger partial charge in [0.05, 0.1) is 0 Å². The van der Waals surface area contributed by atoms with Gasteiger partial charge in [0.2, 0.25) is 5.88 Å². The van der Waals surface area contributed by atoms with Gasteiger partial charge < -0.3 is 14.8 Å². The number of aromatic nitrogens is 2. The molecule has 20 heavy (non-hydrogen) atoms. The lowest BCUT2D eigenvalue weighted by Gasteiger charge is -2.12. The van der Waals surface area contributed by atoms with Gasteiger partial charge >= 0.3 is 0 Å². The van der Waals surface area contributed by atoms with Crippen molar-refractivity contribution in [2.45, 2.75) is 20.0 Å². The maximum atomic E-state index is 12.2. The number of nitrogens with one attached hydrogen (secondary N) is 1. The molecule has 0 amide bonds. The molecule has 2 aromatic rings. The molecule has 0 aliphatic rings. The van der Waals surface area contributed by atoms with E-state index in [2.05, 4.69) is 25.9 Å². The number of H-pyrrole nitrogens is 1. The Kier molecular flexibility index (Phi) is 4.57. The van der Waals surface area contributed by atoms with Crippen LogP contribution in [0.5, 0.6) is 5.88 Å². The highest BCUT2D eigenvalue weighted by Gasteiger charge is 2.17. The summed E-state index contributed by atoms with van der Waals surface area (Å²) in [6.07, 6.45) is -0.383. The van der Waals surface area contributed by atoms with Gasteiger partial charge in [-0.25, -0.2) is 0 Å². The molecule has 0 spiro atoms. The van der Waals surface area contributed by atoms with Crippen molar-refractivity contribution in [3.05, 3.63) is 44.9 Å². The first-order chi connectivity index (χ1) is 9.54. The molecule has 2 rings (SSSR count). The van der Waals surface area contributed by atoms with E-state index in [4.69, 9.17) is 4.74 Å². The van der Waals surface area contributed by atoms with E-state index in [0.29, 0.717) is 22.5 Å². The van der Waals surface area contributed by atoms with Gasteiger partial charge in [0.15, 0.2) is 0 Å². The second-order valence-electron chi connectivity index (χ2n) is 4.23. The third-order valence-electron chi connectivity index (χ3n) is 2.86. The summed E-state index contributed by atoms with van der Waals surface area (Å²) < 4.78 is 6.07. The Bertz CT molecular complexity index is 670. The molecule has 2 N–H and O–H groups in total. The lowest BCUT2D eigenvalue weighted by Crippen LogP contribution is -2.17. The van der Waals surface area contributed by atoms with Gasteiger partial charge in [-0.2, -0.15) is 4.98 Å². The number of rotatable bonds is 4. The van der Waals surface area contributed by atoms with Crippen LogP contribution in [0.3, 0.4) is 0 Å². The minimum absolute atomic E-state index is 0.143. The molecule has 1 aromatic heterocycles. The molecule has 1 heterocycles. The summed E-state index contributed by atoms with van der Waals surface area (Å²) in [4.78, 5) is 18.9. The maximum Gasteiger partial charge on any atom is 0.262 e. The van der Waals surface area contributed by atoms with Crippen LogP contribution in [0.4, 0.5) is 0 Å². The standard InChI is InChI=1S/C14H15BrN2O3/c1-3-20-8(2)12-16-13(18)11(14(19)17-12)9-6-4-5-7-10(9)15/h4-8H,3H2,1-2H3,(H2,16,17,18,19). The summed E-state index contributed by atoms with van der Waals surface area (Å²) in [6.45, 7) is 4.11. The van der Waals surface area contributed by atoms with Crippen LogP contribution in [0.15, 0.2) is 33.5 Å². The lowest BCUT2D eigenvalue weighted by atomic mass is 10.1. The van der Waals surface area contributed by atoms with Gasteiger partial charge in [-0.05, 0) is 19.9 Å². The molecule has 0 saturated heterocycles. The number of aromatic hydroxyl groups is 1. The highest BCUT2D eigenvalue weighted by Crippen LogP contribution is 2.30. The average molecular weight is 339 g/mol. The predicted octanol–water partition coefficient (Wildman–Crippen LogP) is 3.00. The topological polar surface area (TPSA) is 75.2 Å². The summed E-state index contributed by atoms with van der Waals surface area (Å²) in [7, 11) is 0. The number of halogens is 1. The van der Waals surface area contributed by atoms with Crippen LogP contribution >= 0.6 is 15.9 Å². The monoisotopic (exact) mass is 338 g/mol. The van der Waals surface area contributed by atoms with Crippen molar-refractivity contribution in [1.29, 1.82) is 0 Å². The van der Waals surface area contributed by atoms with E-state index in [1.165, 1.54) is 0 Å². The van der Waals surface area contributed by atoms with E-state index in [9.17, 15) is 9.90 Å². The SMILES string of the molecule is CCOC(C)c1nc(O)c(-c2ccccc2Br)c(=O)[nH]1. The molecule has 0 saturated carbocycles. The highest BCUT2D eigenvalue weighted by molar-refractivity contribution is 9.10. The summed E-state index contributed by atoms with van der Waals surface area (Å²) in [6, 6.07) is 7.15. The van der Waals surface area contributed by atoms with Crippen LogP contribution in [-0.2, 0) is 4.74 Å². The Balaban J connectivity index is 2.53. The van der Waals surface area contributed by atoms with E-state index in [-0.39, 0.29) is 17.5 Å². The fraction of sp³-hybridized carbons (Fsp3) is 0.286. The van der Waals surface area contributed by atoms with Gasteiger partial charge in [-0.1, -0.05) is 34.1 Å². The molecule has 0 fully saturated rings. The van der Waals surface area contributed by atoms with E-state index >= 15 is 0 Å². The predicted molar refractivity (Wildman–Crippen MR) is 79.7 cm³/mol. The Morgan fingerprint density at radius 3 is 2.75 bits per heavy atom. The Hall–Kier alpha value is -1.66. The third-order valence-corrected chi connectivity index (χ3v) is 3.56. The fourth-order valence-electron chi connectivity index (χ4n) is 1.91. The Labute approximate surface area is 124 Å². The fourth-order valence-corrected chi connectivity index (χ4v) is 2.39. The smallest absolute Gasteiger partial charge is 0.262 e. The van der Waals surface area contributed by atoms with Crippen molar-refractivity contribution in [3.63, 3.8) is 0 Å². The molecule has 0 radical (unpaired) electrons. The first kappa shape index (κ1) is 14.7. The van der Waals surface area contributed by atoms with Gasteiger partial charge in [0, 0.05) is 16.6 Å². The largest absolute Gasteiger partial charge is 0.493 e. The second kappa shape index (κ2) is 6.19. The summed E-state index contributed by atoms with van der Waals surface area (Å²) >= 11 is 3.36. The normalized spacial score (nSPS) is 12.3. The molecule has 1 atom stereocenters. The average Bonchev–Trinajstić information content (AvgIpc) is 2.40. The van der Waals surface area contributed by atoms with Crippen LogP contribution in [-0.4, -0.2) is 21.7 Å². The van der Waals surface area contributed by atoms with E-state index < -0.39 is 5.56 Å². The van der Waals surface area contributed by atoms with Crippen LogP contribution < -0.4 is 5.56 Å². The molecular formula is C14H15BrN2O3. The maximum absolute atomic E-state index is 12.2. The van der Waals surface area contributed by atoms with Crippen molar-refractivity contribution in [3.8, 4) is 17.0 Å². The van der Waals surface area contributed by atoms with Gasteiger partial charge in [-0.3, -0.25) is 4.79 Å². The molecule has 0 aliphatic heterocycles. The van der Waals surface area contributed by atoms with Crippen molar-refractivity contribution in [2.24, 2.45) is 0 Å². The lowest BCUT2D eigenvalue weighted by molar-refractivity contribution is 0.0694. The second-order valence-corrected chi connectivity index (χ2v) is 5.08. The van der Waals surface area contributed by atoms with Crippen LogP contribution in [0.25, 0.3) is 11.1 Å². The van der Waals surface area contributed by atoms with Crippen molar-refractivity contribution in [2.75, 3.05) is 6.61 Å². The highest BCUT2D eigenvalue weighted by atomic mass is 79.9. The number of hydrogen-bond acceptors (Lipinski definition) is 4. The first-order valence-corrected chi connectivity index (χ1v) is 7.03. The number of aromatic amines is 1. The quantitative estimate of drug-likeness (QED) is 0.898. The van der Waals surface area contributed by atoms with E-state index in [1.807, 2.05) is 13.0 Å². The molecular weight excluding hydrogens is 324 g/mol. The molecule has 1 unspecified atom stereocenters. The molecule has 1 aromatic carbocycles. The van der Waals surface area contributed by atoms with Crippen LogP contribution in [0.1, 0.15) is 25.8 Å². The zero-order chi connectivity index (χ0) is 14.7. The molecule has 5 nitrogen and oxygen atoms in total. The van der Waals surface area contributed by atoms with Crippen molar-refractivity contribution >= 4 is 15.9 Å². The van der Waals surface area contributed by atoms with E-state index in [1.54, 1.807) is 25.1 Å². The van der Waals surface area contributed by atoms with Crippen molar-refractivity contribution in [1.82, 2.24) is 9.97 Å². The Morgan fingerprint density at radius 1 is 1.45 bits per heavy atom. The Morgan fingerprint density at radius 2 is 2.15 bits per heavy atom. The molecule has 6 heteroatoms. The first-order valence-electron chi connectivity index (χ1n) is 6.24. The van der Waals surface area contributed by atoms with Gasteiger partial charge in [-0.15, -0.1) is 0 Å².